The van der Waals surface area contributed by atoms with Crippen LogP contribution in [0.2, 0.25) is 0 Å². The first-order chi connectivity index (χ1) is 15.7. The van der Waals surface area contributed by atoms with Gasteiger partial charge in [0.2, 0.25) is 5.91 Å². The molecule has 2 aliphatic rings. The minimum Gasteiger partial charge on any atom is -0.485 e. The van der Waals surface area contributed by atoms with E-state index in [-0.39, 0.29) is 5.60 Å². The van der Waals surface area contributed by atoms with Crippen molar-refractivity contribution >= 4 is 11.7 Å². The zero-order valence-corrected chi connectivity index (χ0v) is 17.5. The van der Waals surface area contributed by atoms with Crippen LogP contribution in [0.1, 0.15) is 34.5 Å². The van der Waals surface area contributed by atoms with Crippen LogP contribution in [-0.4, -0.2) is 39.5 Å². The van der Waals surface area contributed by atoms with Crippen molar-refractivity contribution < 1.29 is 22.7 Å². The number of ether oxygens (including phenoxy) is 1. The van der Waals surface area contributed by atoms with E-state index in [0.717, 1.165) is 35.2 Å². The molecule has 7 nitrogen and oxygen atoms in total. The predicted octanol–water partition coefficient (Wildman–Crippen LogP) is 3.63. The first kappa shape index (κ1) is 21.2. The van der Waals surface area contributed by atoms with Gasteiger partial charge in [0.25, 0.3) is 0 Å². The Balaban J connectivity index is 1.27. The highest BCUT2D eigenvalue weighted by Crippen LogP contribution is 2.42. The largest absolute Gasteiger partial charge is 0.485 e. The van der Waals surface area contributed by atoms with Gasteiger partial charge in [0.05, 0.1) is 24.3 Å². The molecule has 0 bridgehead atoms. The number of nitrogens with two attached hydrogens (primary N) is 1. The van der Waals surface area contributed by atoms with Crippen LogP contribution < -0.4 is 15.4 Å². The molecule has 0 atom stereocenters. The van der Waals surface area contributed by atoms with Crippen LogP contribution >= 0.6 is 0 Å². The standard InChI is InChI=1S/C23H20F3N5O2/c24-23(25,26)19-12-30-20(13-29-19)31-7-5-22(6-8-31)10-16-9-17(28-11-18(16)33-22)14-1-3-15(4-2-14)21(27)32/h1-4,9,11-13H,5-8,10H2,(H2,27,32). The van der Waals surface area contributed by atoms with Gasteiger partial charge in [0, 0.05) is 49.0 Å². The van der Waals surface area contributed by atoms with Crippen LogP contribution in [0, 0.1) is 0 Å². The van der Waals surface area contributed by atoms with Crippen LogP contribution in [0.15, 0.2) is 48.9 Å². The Labute approximate surface area is 187 Å². The van der Waals surface area contributed by atoms with Gasteiger partial charge in [-0.05, 0) is 18.2 Å². The predicted molar refractivity (Wildman–Crippen MR) is 114 cm³/mol. The van der Waals surface area contributed by atoms with Gasteiger partial charge in [0.1, 0.15) is 17.2 Å². The summed E-state index contributed by atoms with van der Waals surface area (Å²) in [7, 11) is 0. The average Bonchev–Trinajstić information content (AvgIpc) is 3.16. The van der Waals surface area contributed by atoms with Gasteiger partial charge >= 0.3 is 6.18 Å². The average molecular weight is 455 g/mol. The molecule has 2 N–H and O–H groups in total. The molecule has 1 spiro atoms. The minimum absolute atomic E-state index is 0.367. The zero-order chi connectivity index (χ0) is 23.2. The molecule has 0 aliphatic carbocycles. The summed E-state index contributed by atoms with van der Waals surface area (Å²) in [5, 5.41) is 0. The number of amides is 1. The van der Waals surface area contributed by atoms with Gasteiger partial charge < -0.3 is 15.4 Å². The normalized spacial score (nSPS) is 17.0. The van der Waals surface area contributed by atoms with Crippen LogP contribution in [0.3, 0.4) is 0 Å². The Hall–Kier alpha value is -3.69. The molecular weight excluding hydrogens is 435 g/mol. The Kier molecular flexibility index (Phi) is 4.95. The number of fused-ring (bicyclic) bond motifs is 1. The summed E-state index contributed by atoms with van der Waals surface area (Å²) in [5.74, 6) is 0.694. The van der Waals surface area contributed by atoms with E-state index in [1.165, 1.54) is 6.20 Å². The second-order valence-electron chi connectivity index (χ2n) is 8.33. The number of hydrogen-bond donors (Lipinski definition) is 1. The number of alkyl halides is 3. The first-order valence-corrected chi connectivity index (χ1v) is 10.4. The number of anilines is 1. The monoisotopic (exact) mass is 455 g/mol. The third-order valence-corrected chi connectivity index (χ3v) is 6.18. The molecule has 1 saturated heterocycles. The number of pyridine rings is 1. The SMILES string of the molecule is NC(=O)c1ccc(-c2cc3c(cn2)OC2(CCN(c4cnc(C(F)(F)F)cn4)CC2)C3)cc1. The van der Waals surface area contributed by atoms with E-state index < -0.39 is 17.8 Å². The van der Waals surface area contributed by atoms with E-state index in [2.05, 4.69) is 15.0 Å². The molecule has 4 heterocycles. The molecule has 0 saturated carbocycles. The van der Waals surface area contributed by atoms with Crippen molar-refractivity contribution in [1.29, 1.82) is 0 Å². The number of carbonyl (C=O) groups excluding carboxylic acids is 1. The fourth-order valence-electron chi connectivity index (χ4n) is 4.35. The van der Waals surface area contributed by atoms with E-state index >= 15 is 0 Å². The number of piperidine rings is 1. The summed E-state index contributed by atoms with van der Waals surface area (Å²) in [6.07, 6.45) is 1.28. The number of carbonyl (C=O) groups is 1. The summed E-state index contributed by atoms with van der Waals surface area (Å²) < 4.78 is 44.5. The molecule has 1 amide bonds. The van der Waals surface area contributed by atoms with Crippen molar-refractivity contribution in [2.24, 2.45) is 5.73 Å². The minimum atomic E-state index is -4.50. The second kappa shape index (κ2) is 7.72. The molecule has 3 aromatic rings. The van der Waals surface area contributed by atoms with Gasteiger partial charge in [-0.25, -0.2) is 9.97 Å². The van der Waals surface area contributed by atoms with Crippen molar-refractivity contribution in [2.45, 2.75) is 31.0 Å². The number of primary amides is 1. The summed E-state index contributed by atoms with van der Waals surface area (Å²) in [4.78, 5) is 25.2. The smallest absolute Gasteiger partial charge is 0.434 e. The first-order valence-electron chi connectivity index (χ1n) is 10.4. The summed E-state index contributed by atoms with van der Waals surface area (Å²) in [5.41, 5.74) is 7.08. The Morgan fingerprint density at radius 2 is 1.76 bits per heavy atom. The fraction of sp³-hybridized carbons (Fsp3) is 0.304. The van der Waals surface area contributed by atoms with Gasteiger partial charge in [-0.3, -0.25) is 9.78 Å². The van der Waals surface area contributed by atoms with E-state index in [1.807, 2.05) is 23.1 Å². The number of halogens is 3. The third-order valence-electron chi connectivity index (χ3n) is 6.18. The molecule has 0 radical (unpaired) electrons. The molecule has 2 aromatic heterocycles. The summed E-state index contributed by atoms with van der Waals surface area (Å²) in [6.45, 7) is 1.20. The Morgan fingerprint density at radius 3 is 2.36 bits per heavy atom. The number of rotatable bonds is 3. The molecule has 0 unspecified atom stereocenters. The highest BCUT2D eigenvalue weighted by molar-refractivity contribution is 5.93. The van der Waals surface area contributed by atoms with E-state index in [0.29, 0.717) is 37.3 Å². The van der Waals surface area contributed by atoms with Crippen molar-refractivity contribution in [1.82, 2.24) is 15.0 Å². The second-order valence-corrected chi connectivity index (χ2v) is 8.33. The molecule has 1 fully saturated rings. The number of benzene rings is 1. The lowest BCUT2D eigenvalue weighted by Crippen LogP contribution is -2.47. The lowest BCUT2D eigenvalue weighted by molar-refractivity contribution is -0.141. The molecule has 33 heavy (non-hydrogen) atoms. The molecule has 5 rings (SSSR count). The quantitative estimate of drug-likeness (QED) is 0.648. The van der Waals surface area contributed by atoms with Crippen LogP contribution in [0.4, 0.5) is 19.0 Å². The van der Waals surface area contributed by atoms with Crippen LogP contribution in [0.5, 0.6) is 5.75 Å². The Bertz CT molecular complexity index is 1190. The lowest BCUT2D eigenvalue weighted by Gasteiger charge is -2.39. The maximum Gasteiger partial charge on any atom is 0.434 e. The molecule has 1 aromatic carbocycles. The fourth-order valence-corrected chi connectivity index (χ4v) is 4.35. The molecule has 170 valence electrons. The summed E-state index contributed by atoms with van der Waals surface area (Å²) >= 11 is 0. The number of aromatic nitrogens is 3. The van der Waals surface area contributed by atoms with Gasteiger partial charge in [0.15, 0.2) is 5.69 Å². The Morgan fingerprint density at radius 1 is 1.03 bits per heavy atom. The lowest BCUT2D eigenvalue weighted by atomic mass is 9.87. The van der Waals surface area contributed by atoms with Gasteiger partial charge in [-0.1, -0.05) is 12.1 Å². The number of hydrogen-bond acceptors (Lipinski definition) is 6. The third kappa shape index (κ3) is 4.08. The number of nitrogens with zero attached hydrogens (tertiary/aromatic N) is 4. The van der Waals surface area contributed by atoms with Crippen LogP contribution in [0.25, 0.3) is 11.3 Å². The molecular formula is C23H20F3N5O2. The molecule has 2 aliphatic heterocycles. The zero-order valence-electron chi connectivity index (χ0n) is 17.5. The highest BCUT2D eigenvalue weighted by atomic mass is 19.4. The van der Waals surface area contributed by atoms with E-state index in [4.69, 9.17) is 10.5 Å². The maximum atomic E-state index is 12.7. The maximum absolute atomic E-state index is 12.7. The van der Waals surface area contributed by atoms with Crippen molar-refractivity contribution in [3.63, 3.8) is 0 Å². The van der Waals surface area contributed by atoms with Crippen molar-refractivity contribution in [3.05, 3.63) is 65.7 Å². The van der Waals surface area contributed by atoms with Crippen molar-refractivity contribution in [3.8, 4) is 17.0 Å². The summed E-state index contributed by atoms with van der Waals surface area (Å²) in [6, 6.07) is 8.96. The van der Waals surface area contributed by atoms with E-state index in [9.17, 15) is 18.0 Å². The van der Waals surface area contributed by atoms with Crippen LogP contribution in [-0.2, 0) is 12.6 Å². The topological polar surface area (TPSA) is 94.2 Å². The highest BCUT2D eigenvalue weighted by Gasteiger charge is 2.42. The van der Waals surface area contributed by atoms with Gasteiger partial charge in [-0.15, -0.1) is 0 Å². The van der Waals surface area contributed by atoms with Crippen molar-refractivity contribution in [2.75, 3.05) is 18.0 Å². The van der Waals surface area contributed by atoms with E-state index in [1.54, 1.807) is 18.3 Å². The molecule has 10 heteroatoms. The van der Waals surface area contributed by atoms with Gasteiger partial charge in [-0.2, -0.15) is 13.2 Å².